The van der Waals surface area contributed by atoms with Crippen LogP contribution in [0.25, 0.3) is 0 Å². The van der Waals surface area contributed by atoms with Crippen molar-refractivity contribution in [3.8, 4) is 0 Å². The molecule has 2 heterocycles. The Hall–Kier alpha value is -3.84. The average Bonchev–Trinajstić information content (AvgIpc) is 2.89. The number of esters is 2. The summed E-state index contributed by atoms with van der Waals surface area (Å²) in [7, 11) is 0. The zero-order valence-electron chi connectivity index (χ0n) is 19.1. The molecule has 0 amide bonds. The summed E-state index contributed by atoms with van der Waals surface area (Å²) in [6, 6.07) is 22.2. The second-order valence-electron chi connectivity index (χ2n) is 7.66. The summed E-state index contributed by atoms with van der Waals surface area (Å²) in [6.45, 7) is 3.50. The van der Waals surface area contributed by atoms with Crippen LogP contribution in [0.15, 0.2) is 90.2 Å². The molecule has 0 spiro atoms. The fourth-order valence-corrected chi connectivity index (χ4v) is 4.11. The topological polar surface area (TPSA) is 87.1 Å². The molecule has 4 rings (SSSR count). The second kappa shape index (κ2) is 10.4. The zero-order valence-corrected chi connectivity index (χ0v) is 19.1. The number of carbonyl (C=O) groups excluding carboxylic acids is 2. The molecule has 7 heteroatoms. The van der Waals surface area contributed by atoms with Gasteiger partial charge in [-0.3, -0.25) is 9.98 Å². The maximum Gasteiger partial charge on any atom is 0.351 e. The highest BCUT2D eigenvalue weighted by Gasteiger charge is 2.62. The van der Waals surface area contributed by atoms with Gasteiger partial charge in [0.1, 0.15) is 0 Å². The molecule has 0 aliphatic carbocycles. The van der Waals surface area contributed by atoms with Crippen LogP contribution in [0, 0.1) is 0 Å². The van der Waals surface area contributed by atoms with Crippen LogP contribution in [0.4, 0.5) is 0 Å². The van der Waals surface area contributed by atoms with Crippen molar-refractivity contribution >= 4 is 17.7 Å². The SMILES string of the molecule is CCOC(=O)C1(C(=O)OCC)O[C@@H](c2cccnc2)N=C(c2ccccc2)[C@H]1c1ccccc1. The molecule has 0 saturated heterocycles. The predicted octanol–water partition coefficient (Wildman–Crippen LogP) is 4.25. The Morgan fingerprint density at radius 3 is 2.00 bits per heavy atom. The molecule has 1 aliphatic heterocycles. The van der Waals surface area contributed by atoms with Crippen LogP contribution in [0.2, 0.25) is 0 Å². The summed E-state index contributed by atoms with van der Waals surface area (Å²) in [4.78, 5) is 36.4. The number of carbonyl (C=O) groups is 2. The molecular weight excluding hydrogens is 432 g/mol. The van der Waals surface area contributed by atoms with Gasteiger partial charge in [-0.2, -0.15) is 0 Å². The van der Waals surface area contributed by atoms with E-state index in [1.165, 1.54) is 0 Å². The van der Waals surface area contributed by atoms with Gasteiger partial charge in [-0.05, 0) is 31.0 Å². The largest absolute Gasteiger partial charge is 0.463 e. The molecule has 3 aromatic rings. The van der Waals surface area contributed by atoms with E-state index < -0.39 is 29.7 Å². The third-order valence-corrected chi connectivity index (χ3v) is 5.56. The standard InChI is InChI=1S/C27H26N2O5/c1-3-32-25(30)27(26(31)33-4-2)22(19-12-7-5-8-13-19)23(20-14-9-6-10-15-20)29-24(34-27)21-16-11-17-28-18-21/h5-18,22,24H,3-4H2,1-2H3/t22-,24+/m1/s1. The number of hydrogen-bond donors (Lipinski definition) is 0. The minimum absolute atomic E-state index is 0.0697. The van der Waals surface area contributed by atoms with Gasteiger partial charge in [-0.25, -0.2) is 9.59 Å². The van der Waals surface area contributed by atoms with E-state index in [-0.39, 0.29) is 13.2 Å². The van der Waals surface area contributed by atoms with Gasteiger partial charge in [0.05, 0.1) is 24.8 Å². The lowest BCUT2D eigenvalue weighted by Gasteiger charge is -2.42. The smallest absolute Gasteiger partial charge is 0.351 e. The van der Waals surface area contributed by atoms with E-state index in [4.69, 9.17) is 19.2 Å². The fraction of sp³-hybridized carbons (Fsp3) is 0.259. The molecule has 0 bridgehead atoms. The van der Waals surface area contributed by atoms with Crippen LogP contribution in [-0.4, -0.2) is 41.4 Å². The quantitative estimate of drug-likeness (QED) is 0.389. The summed E-state index contributed by atoms with van der Waals surface area (Å²) in [5, 5.41) is 0. The average molecular weight is 459 g/mol. The van der Waals surface area contributed by atoms with E-state index in [0.717, 1.165) is 5.56 Å². The summed E-state index contributed by atoms with van der Waals surface area (Å²) >= 11 is 0. The normalized spacial score (nSPS) is 19.1. The van der Waals surface area contributed by atoms with Crippen LogP contribution in [0.1, 0.15) is 42.7 Å². The predicted molar refractivity (Wildman–Crippen MR) is 126 cm³/mol. The number of hydrogen-bond acceptors (Lipinski definition) is 7. The zero-order chi connectivity index (χ0) is 24.0. The second-order valence-corrected chi connectivity index (χ2v) is 7.66. The lowest BCUT2D eigenvalue weighted by Crippen LogP contribution is -2.60. The Morgan fingerprint density at radius 1 is 0.853 bits per heavy atom. The maximum atomic E-state index is 13.7. The first-order valence-corrected chi connectivity index (χ1v) is 11.2. The summed E-state index contributed by atoms with van der Waals surface area (Å²) in [5.74, 6) is -2.54. The first kappa shape index (κ1) is 23.3. The van der Waals surface area contributed by atoms with Crippen molar-refractivity contribution in [2.24, 2.45) is 4.99 Å². The molecule has 0 unspecified atom stereocenters. The Morgan fingerprint density at radius 2 is 1.44 bits per heavy atom. The van der Waals surface area contributed by atoms with Crippen molar-refractivity contribution < 1.29 is 23.8 Å². The van der Waals surface area contributed by atoms with Crippen molar-refractivity contribution in [3.63, 3.8) is 0 Å². The minimum atomic E-state index is -2.11. The molecule has 34 heavy (non-hydrogen) atoms. The van der Waals surface area contributed by atoms with Crippen molar-refractivity contribution in [1.29, 1.82) is 0 Å². The Balaban J connectivity index is 2.03. The fourth-order valence-electron chi connectivity index (χ4n) is 4.11. The first-order chi connectivity index (χ1) is 16.6. The number of benzene rings is 2. The monoisotopic (exact) mass is 458 g/mol. The van der Waals surface area contributed by atoms with Gasteiger partial charge in [-0.15, -0.1) is 0 Å². The van der Waals surface area contributed by atoms with Gasteiger partial charge in [-0.1, -0.05) is 66.7 Å². The van der Waals surface area contributed by atoms with Crippen LogP contribution >= 0.6 is 0 Å². The van der Waals surface area contributed by atoms with E-state index in [1.807, 2.05) is 60.7 Å². The van der Waals surface area contributed by atoms with E-state index in [1.54, 1.807) is 38.4 Å². The first-order valence-electron chi connectivity index (χ1n) is 11.2. The van der Waals surface area contributed by atoms with Gasteiger partial charge >= 0.3 is 11.9 Å². The number of rotatable bonds is 7. The van der Waals surface area contributed by atoms with E-state index >= 15 is 0 Å². The molecular formula is C27H26N2O5. The number of ether oxygens (including phenoxy) is 3. The lowest BCUT2D eigenvalue weighted by atomic mass is 9.75. The van der Waals surface area contributed by atoms with Crippen molar-refractivity contribution in [3.05, 3.63) is 102 Å². The Bertz CT molecular complexity index is 1130. The van der Waals surface area contributed by atoms with E-state index in [9.17, 15) is 9.59 Å². The summed E-state index contributed by atoms with van der Waals surface area (Å²) in [6.07, 6.45) is 2.25. The highest BCUT2D eigenvalue weighted by atomic mass is 16.6. The highest BCUT2D eigenvalue weighted by Crippen LogP contribution is 2.45. The van der Waals surface area contributed by atoms with Crippen molar-refractivity contribution in [2.75, 3.05) is 13.2 Å². The molecule has 1 aromatic heterocycles. The molecule has 0 N–H and O–H groups in total. The Labute approximate surface area is 198 Å². The van der Waals surface area contributed by atoms with Crippen LogP contribution in [0.3, 0.4) is 0 Å². The van der Waals surface area contributed by atoms with Gasteiger partial charge in [0.15, 0.2) is 6.23 Å². The molecule has 174 valence electrons. The number of aliphatic imine (C=N–C) groups is 1. The maximum absolute atomic E-state index is 13.7. The summed E-state index contributed by atoms with van der Waals surface area (Å²) in [5.41, 5.74) is 0.441. The third kappa shape index (κ3) is 4.34. The van der Waals surface area contributed by atoms with E-state index in [0.29, 0.717) is 16.8 Å². The van der Waals surface area contributed by atoms with Gasteiger partial charge in [0, 0.05) is 18.0 Å². The van der Waals surface area contributed by atoms with Gasteiger partial charge in [0.25, 0.3) is 5.60 Å². The van der Waals surface area contributed by atoms with Crippen molar-refractivity contribution in [1.82, 2.24) is 4.98 Å². The molecule has 0 fully saturated rings. The Kier molecular flexibility index (Phi) is 7.13. The number of aromatic nitrogens is 1. The van der Waals surface area contributed by atoms with Gasteiger partial charge in [0.2, 0.25) is 0 Å². The van der Waals surface area contributed by atoms with Gasteiger partial charge < -0.3 is 14.2 Å². The van der Waals surface area contributed by atoms with Crippen LogP contribution < -0.4 is 0 Å². The van der Waals surface area contributed by atoms with Crippen molar-refractivity contribution in [2.45, 2.75) is 31.6 Å². The minimum Gasteiger partial charge on any atom is -0.463 e. The number of nitrogens with zero attached hydrogens (tertiary/aromatic N) is 2. The molecule has 7 nitrogen and oxygen atoms in total. The van der Waals surface area contributed by atoms with Crippen LogP contribution in [-0.2, 0) is 23.8 Å². The molecule has 0 saturated carbocycles. The number of pyridine rings is 1. The van der Waals surface area contributed by atoms with Crippen LogP contribution in [0.5, 0.6) is 0 Å². The van der Waals surface area contributed by atoms with E-state index in [2.05, 4.69) is 4.98 Å². The molecule has 2 aromatic carbocycles. The summed E-state index contributed by atoms with van der Waals surface area (Å²) < 4.78 is 17.2. The molecule has 1 aliphatic rings. The lowest BCUT2D eigenvalue weighted by molar-refractivity contribution is -0.202. The third-order valence-electron chi connectivity index (χ3n) is 5.56. The molecule has 0 radical (unpaired) electrons. The molecule has 2 atom stereocenters. The highest BCUT2D eigenvalue weighted by molar-refractivity contribution is 6.16.